The number of fused-ring (bicyclic) bond motifs is 2. The summed E-state index contributed by atoms with van der Waals surface area (Å²) in [4.78, 5) is 28.3. The van der Waals surface area contributed by atoms with Gasteiger partial charge in [0, 0.05) is 5.56 Å². The molecule has 0 fully saturated rings. The van der Waals surface area contributed by atoms with Gasteiger partial charge in [0.1, 0.15) is 0 Å². The molecule has 3 aromatic rings. The Morgan fingerprint density at radius 3 is 2.68 bits per heavy atom. The maximum absolute atomic E-state index is 12.0. The number of amides is 2. The summed E-state index contributed by atoms with van der Waals surface area (Å²) in [7, 11) is 0. The molecule has 7 heteroatoms. The van der Waals surface area contributed by atoms with Gasteiger partial charge in [0.15, 0.2) is 5.13 Å². The summed E-state index contributed by atoms with van der Waals surface area (Å²) >= 11 is 1.32. The van der Waals surface area contributed by atoms with E-state index in [0.29, 0.717) is 5.13 Å². The molecule has 1 aliphatic carbocycles. The highest BCUT2D eigenvalue weighted by molar-refractivity contribution is 7.22. The molecule has 2 amide bonds. The summed E-state index contributed by atoms with van der Waals surface area (Å²) in [5.41, 5.74) is 6.13. The van der Waals surface area contributed by atoms with Gasteiger partial charge in [-0.25, -0.2) is 10.4 Å². The summed E-state index contributed by atoms with van der Waals surface area (Å²) in [5, 5.41) is 7.01. The molecule has 0 radical (unpaired) electrons. The Morgan fingerprint density at radius 2 is 1.80 bits per heavy atom. The number of aromatic nitrogens is 1. The Kier molecular flexibility index (Phi) is 3.99. The number of para-hydroxylation sites is 1. The van der Waals surface area contributed by atoms with Crippen molar-refractivity contribution in [3.05, 3.63) is 59.7 Å². The van der Waals surface area contributed by atoms with Crippen LogP contribution in [0.3, 0.4) is 0 Å². The average molecular weight is 350 g/mol. The fourth-order valence-electron chi connectivity index (χ4n) is 2.77. The maximum atomic E-state index is 12.0. The first kappa shape index (κ1) is 15.5. The highest BCUT2D eigenvalue weighted by Gasteiger charge is 2.19. The van der Waals surface area contributed by atoms with Crippen molar-refractivity contribution >= 4 is 44.2 Å². The van der Waals surface area contributed by atoms with Crippen LogP contribution in [0.1, 0.15) is 17.5 Å². The number of nitrogens with one attached hydrogen (secondary N) is 2. The summed E-state index contributed by atoms with van der Waals surface area (Å²) in [5.74, 6) is -1.59. The molecule has 0 unspecified atom stereocenters. The fraction of sp³-hybridized carbons (Fsp3) is 0.111. The second-order valence-corrected chi connectivity index (χ2v) is 6.63. The lowest BCUT2D eigenvalue weighted by Gasteiger charge is -2.02. The van der Waals surface area contributed by atoms with Crippen molar-refractivity contribution < 1.29 is 9.59 Å². The van der Waals surface area contributed by atoms with Crippen LogP contribution in [0.2, 0.25) is 0 Å². The molecular weight excluding hydrogens is 336 g/mol. The number of aryl methyl sites for hydroxylation is 1. The summed E-state index contributed by atoms with van der Waals surface area (Å²) in [6.45, 7) is 0. The zero-order chi connectivity index (χ0) is 17.2. The van der Waals surface area contributed by atoms with E-state index in [1.54, 1.807) is 0 Å². The van der Waals surface area contributed by atoms with E-state index in [-0.39, 0.29) is 0 Å². The number of benzene rings is 2. The lowest BCUT2D eigenvalue weighted by molar-refractivity contribution is -0.136. The van der Waals surface area contributed by atoms with Crippen LogP contribution in [0.25, 0.3) is 10.2 Å². The zero-order valence-electron chi connectivity index (χ0n) is 13.2. The van der Waals surface area contributed by atoms with Gasteiger partial charge in [-0.05, 0) is 30.5 Å². The first-order valence-electron chi connectivity index (χ1n) is 7.82. The number of rotatable bonds is 2. The van der Waals surface area contributed by atoms with Crippen molar-refractivity contribution in [2.24, 2.45) is 5.10 Å². The van der Waals surface area contributed by atoms with Gasteiger partial charge >= 0.3 is 11.8 Å². The Balaban J connectivity index is 1.43. The third kappa shape index (κ3) is 3.14. The smallest absolute Gasteiger partial charge is 0.294 e. The molecule has 0 atom stereocenters. The number of carbonyl (C=O) groups excluding carboxylic acids is 2. The summed E-state index contributed by atoms with van der Waals surface area (Å²) in [6.07, 6.45) is 1.64. The average Bonchev–Trinajstić information content (AvgIpc) is 3.22. The molecular formula is C18H14N4O2S. The molecule has 2 N–H and O–H groups in total. The van der Waals surface area contributed by atoms with Gasteiger partial charge < -0.3 is 0 Å². The van der Waals surface area contributed by atoms with E-state index < -0.39 is 11.8 Å². The van der Waals surface area contributed by atoms with Gasteiger partial charge in [0.25, 0.3) is 0 Å². The lowest BCUT2D eigenvalue weighted by Crippen LogP contribution is -2.32. The number of carbonyl (C=O) groups is 2. The second kappa shape index (κ2) is 6.45. The molecule has 0 spiro atoms. The molecule has 0 aliphatic heterocycles. The molecule has 0 bridgehead atoms. The predicted octanol–water partition coefficient (Wildman–Crippen LogP) is 2.70. The van der Waals surface area contributed by atoms with E-state index in [4.69, 9.17) is 0 Å². The molecule has 25 heavy (non-hydrogen) atoms. The van der Waals surface area contributed by atoms with Gasteiger partial charge in [-0.15, -0.1) is 0 Å². The first-order valence-corrected chi connectivity index (χ1v) is 8.64. The largest absolute Gasteiger partial charge is 0.329 e. The number of thiazole rings is 1. The number of anilines is 1. The molecule has 0 saturated carbocycles. The number of hydrazone groups is 1. The van der Waals surface area contributed by atoms with Crippen LogP contribution in [-0.4, -0.2) is 22.5 Å². The van der Waals surface area contributed by atoms with Gasteiger partial charge in [-0.1, -0.05) is 47.7 Å². The van der Waals surface area contributed by atoms with Gasteiger partial charge in [-0.2, -0.15) is 5.10 Å². The van der Waals surface area contributed by atoms with E-state index in [1.165, 1.54) is 16.9 Å². The molecule has 4 rings (SSSR count). The van der Waals surface area contributed by atoms with Crippen LogP contribution in [0.4, 0.5) is 5.13 Å². The minimum Gasteiger partial charge on any atom is -0.294 e. The Bertz CT molecular complexity index is 976. The van der Waals surface area contributed by atoms with Crippen molar-refractivity contribution in [2.75, 3.05) is 5.32 Å². The molecule has 1 aromatic heterocycles. The fourth-order valence-corrected chi connectivity index (χ4v) is 3.63. The van der Waals surface area contributed by atoms with Crippen molar-refractivity contribution in [3.63, 3.8) is 0 Å². The van der Waals surface area contributed by atoms with Crippen LogP contribution >= 0.6 is 11.3 Å². The quantitative estimate of drug-likeness (QED) is 0.551. The monoisotopic (exact) mass is 350 g/mol. The third-order valence-electron chi connectivity index (χ3n) is 3.97. The number of hydrogen-bond acceptors (Lipinski definition) is 5. The van der Waals surface area contributed by atoms with Gasteiger partial charge in [-0.3, -0.25) is 14.9 Å². The summed E-state index contributed by atoms with van der Waals surface area (Å²) < 4.78 is 0.945. The Labute approximate surface area is 147 Å². The standard InChI is InChI=1S/C18H14N4O2S/c23-16(20-18-19-14-7-3-4-8-15(14)25-18)17(24)22-21-13-10-9-11-5-1-2-6-12(11)13/h1-8H,9-10H2,(H,22,24)(H,19,20,23)/b21-13+. The molecule has 0 saturated heterocycles. The minimum atomic E-state index is -0.809. The van der Waals surface area contributed by atoms with E-state index in [9.17, 15) is 9.59 Å². The summed E-state index contributed by atoms with van der Waals surface area (Å²) in [6, 6.07) is 15.4. The lowest BCUT2D eigenvalue weighted by atomic mass is 10.1. The van der Waals surface area contributed by atoms with E-state index in [2.05, 4.69) is 20.8 Å². The number of nitrogens with zero attached hydrogens (tertiary/aromatic N) is 2. The van der Waals surface area contributed by atoms with Crippen LogP contribution in [0, 0.1) is 0 Å². The van der Waals surface area contributed by atoms with Gasteiger partial charge in [0.05, 0.1) is 15.9 Å². The highest BCUT2D eigenvalue weighted by Crippen LogP contribution is 2.25. The highest BCUT2D eigenvalue weighted by atomic mass is 32.1. The minimum absolute atomic E-state index is 0.389. The van der Waals surface area contributed by atoms with E-state index >= 15 is 0 Å². The molecule has 2 aromatic carbocycles. The van der Waals surface area contributed by atoms with Crippen LogP contribution in [0.15, 0.2) is 53.6 Å². The Morgan fingerprint density at radius 1 is 1.00 bits per heavy atom. The molecule has 1 heterocycles. The third-order valence-corrected chi connectivity index (χ3v) is 4.92. The van der Waals surface area contributed by atoms with E-state index in [0.717, 1.165) is 34.3 Å². The zero-order valence-corrected chi connectivity index (χ0v) is 14.0. The van der Waals surface area contributed by atoms with Crippen LogP contribution < -0.4 is 10.7 Å². The molecule has 1 aliphatic rings. The predicted molar refractivity (Wildman–Crippen MR) is 97.7 cm³/mol. The topological polar surface area (TPSA) is 83.5 Å². The van der Waals surface area contributed by atoms with Crippen LogP contribution in [0.5, 0.6) is 0 Å². The van der Waals surface area contributed by atoms with Gasteiger partial charge in [0.2, 0.25) is 0 Å². The van der Waals surface area contributed by atoms with Crippen molar-refractivity contribution in [1.82, 2.24) is 10.4 Å². The molecule has 6 nitrogen and oxygen atoms in total. The number of hydrogen-bond donors (Lipinski definition) is 2. The Hall–Kier alpha value is -3.06. The normalized spacial score (nSPS) is 14.5. The van der Waals surface area contributed by atoms with Crippen LogP contribution in [-0.2, 0) is 16.0 Å². The van der Waals surface area contributed by atoms with Crippen molar-refractivity contribution in [2.45, 2.75) is 12.8 Å². The SMILES string of the molecule is O=C(N/N=C1\CCc2ccccc21)C(=O)Nc1nc2ccccc2s1. The second-order valence-electron chi connectivity index (χ2n) is 5.60. The van der Waals surface area contributed by atoms with Crippen molar-refractivity contribution in [3.8, 4) is 0 Å². The van der Waals surface area contributed by atoms with E-state index in [1.807, 2.05) is 48.5 Å². The maximum Gasteiger partial charge on any atom is 0.329 e. The molecule has 124 valence electrons. The van der Waals surface area contributed by atoms with Crippen molar-refractivity contribution in [1.29, 1.82) is 0 Å². The first-order chi connectivity index (χ1) is 12.2.